The minimum atomic E-state index is -1.39. The van der Waals surface area contributed by atoms with Crippen molar-refractivity contribution in [1.29, 1.82) is 0 Å². The molecule has 3 rings (SSSR count). The van der Waals surface area contributed by atoms with Crippen molar-refractivity contribution in [2.24, 2.45) is 0 Å². The number of nitrogens with one attached hydrogen (secondary N) is 1. The van der Waals surface area contributed by atoms with Crippen LogP contribution in [-0.4, -0.2) is 16.1 Å². The van der Waals surface area contributed by atoms with E-state index in [1.807, 2.05) is 0 Å². The van der Waals surface area contributed by atoms with E-state index in [1.165, 1.54) is 0 Å². The lowest BCUT2D eigenvalue weighted by Gasteiger charge is -2.09. The number of carboxylic acid groups (broad SMARTS) is 1. The summed E-state index contributed by atoms with van der Waals surface area (Å²) in [7, 11) is 0. The fraction of sp³-hybridized carbons (Fsp3) is 0.231. The van der Waals surface area contributed by atoms with Crippen LogP contribution >= 0.6 is 11.6 Å². The number of rotatable bonds is 2. The third-order valence-corrected chi connectivity index (χ3v) is 3.72. The van der Waals surface area contributed by atoms with Crippen molar-refractivity contribution < 1.29 is 18.7 Å². The zero-order chi connectivity index (χ0) is 14.6. The number of fused-ring (bicyclic) bond motifs is 1. The van der Waals surface area contributed by atoms with E-state index in [9.17, 15) is 18.4 Å². The van der Waals surface area contributed by atoms with E-state index in [2.05, 4.69) is 4.98 Å². The van der Waals surface area contributed by atoms with Gasteiger partial charge in [-0.05, 0) is 18.9 Å². The molecule has 0 bridgehead atoms. The maximum absolute atomic E-state index is 13.5. The van der Waals surface area contributed by atoms with Gasteiger partial charge in [-0.1, -0.05) is 11.6 Å². The first-order valence-electron chi connectivity index (χ1n) is 5.88. The van der Waals surface area contributed by atoms with Crippen LogP contribution in [0.5, 0.6) is 0 Å². The van der Waals surface area contributed by atoms with E-state index < -0.39 is 33.6 Å². The maximum atomic E-state index is 13.5. The lowest BCUT2D eigenvalue weighted by atomic mass is 10.1. The summed E-state index contributed by atoms with van der Waals surface area (Å²) < 4.78 is 26.8. The monoisotopic (exact) mass is 299 g/mol. The van der Waals surface area contributed by atoms with Crippen molar-refractivity contribution in [2.75, 3.05) is 0 Å². The molecule has 2 aromatic rings. The largest absolute Gasteiger partial charge is 0.477 e. The van der Waals surface area contributed by atoms with E-state index in [4.69, 9.17) is 16.7 Å². The molecule has 1 heterocycles. The van der Waals surface area contributed by atoms with Gasteiger partial charge in [-0.15, -0.1) is 0 Å². The molecule has 0 aliphatic heterocycles. The van der Waals surface area contributed by atoms with Crippen molar-refractivity contribution in [3.8, 4) is 0 Å². The van der Waals surface area contributed by atoms with Crippen molar-refractivity contribution in [3.05, 3.63) is 44.2 Å². The van der Waals surface area contributed by atoms with Crippen LogP contribution in [0.15, 0.2) is 10.9 Å². The van der Waals surface area contributed by atoms with E-state index in [0.717, 1.165) is 12.8 Å². The van der Waals surface area contributed by atoms with E-state index >= 15 is 0 Å². The highest BCUT2D eigenvalue weighted by Crippen LogP contribution is 2.41. The third kappa shape index (κ3) is 1.79. The predicted octanol–water partition coefficient (Wildman–Crippen LogP) is 3.04. The van der Waals surface area contributed by atoms with Crippen molar-refractivity contribution in [2.45, 2.75) is 18.8 Å². The number of H-pyrrole nitrogens is 1. The maximum Gasteiger partial charge on any atom is 0.341 e. The highest BCUT2D eigenvalue weighted by molar-refractivity contribution is 6.35. The normalized spacial score (nSPS) is 14.8. The molecule has 1 saturated carbocycles. The molecule has 0 atom stereocenters. The molecule has 7 heteroatoms. The Morgan fingerprint density at radius 1 is 1.40 bits per heavy atom. The number of hydrogen-bond donors (Lipinski definition) is 2. The number of aromatic nitrogens is 1. The molecule has 0 saturated heterocycles. The zero-order valence-electron chi connectivity index (χ0n) is 9.97. The molecule has 104 valence electrons. The summed E-state index contributed by atoms with van der Waals surface area (Å²) >= 11 is 5.70. The van der Waals surface area contributed by atoms with E-state index in [1.54, 1.807) is 0 Å². The van der Waals surface area contributed by atoms with Crippen LogP contribution in [0.1, 0.15) is 34.8 Å². The van der Waals surface area contributed by atoms with Crippen LogP contribution in [0.2, 0.25) is 5.02 Å². The average Bonchev–Trinajstić information content (AvgIpc) is 3.21. The lowest BCUT2D eigenvalue weighted by Crippen LogP contribution is -2.20. The zero-order valence-corrected chi connectivity index (χ0v) is 10.7. The first-order chi connectivity index (χ1) is 9.41. The minimum Gasteiger partial charge on any atom is -0.477 e. The lowest BCUT2D eigenvalue weighted by molar-refractivity contribution is 0.0694. The van der Waals surface area contributed by atoms with Gasteiger partial charge < -0.3 is 10.1 Å². The van der Waals surface area contributed by atoms with Crippen LogP contribution in [0, 0.1) is 11.6 Å². The topological polar surface area (TPSA) is 70.2 Å². The molecule has 1 fully saturated rings. The summed E-state index contributed by atoms with van der Waals surface area (Å²) in [6.07, 6.45) is 1.48. The summed E-state index contributed by atoms with van der Waals surface area (Å²) in [5, 5.41) is 8.34. The molecule has 0 unspecified atom stereocenters. The molecule has 0 spiro atoms. The molecule has 2 N–H and O–H groups in total. The van der Waals surface area contributed by atoms with Gasteiger partial charge in [-0.25, -0.2) is 13.6 Å². The molecule has 1 aliphatic carbocycles. The molecule has 1 aromatic heterocycles. The fourth-order valence-electron chi connectivity index (χ4n) is 2.24. The van der Waals surface area contributed by atoms with Gasteiger partial charge in [-0.2, -0.15) is 0 Å². The van der Waals surface area contributed by atoms with Gasteiger partial charge in [-0.3, -0.25) is 4.79 Å². The van der Waals surface area contributed by atoms with Crippen LogP contribution in [0.3, 0.4) is 0 Å². The smallest absolute Gasteiger partial charge is 0.341 e. The Morgan fingerprint density at radius 3 is 2.60 bits per heavy atom. The summed E-state index contributed by atoms with van der Waals surface area (Å²) in [6, 6.07) is 0.665. The summed E-state index contributed by atoms with van der Waals surface area (Å²) in [5.74, 6) is -4.03. The second kappa shape index (κ2) is 4.28. The summed E-state index contributed by atoms with van der Waals surface area (Å²) in [5.41, 5.74) is -1.12. The SMILES string of the molecule is O=C(O)c1c(C2CC2)[nH]c2c(Cl)c(F)c(F)cc2c1=O. The Labute approximate surface area is 116 Å². The Bertz CT molecular complexity index is 812. The number of halogens is 3. The Morgan fingerprint density at radius 2 is 2.05 bits per heavy atom. The van der Waals surface area contributed by atoms with E-state index in [-0.39, 0.29) is 22.5 Å². The standard InChI is InChI=1S/C13H8ClF2NO3/c14-8-9(16)6(15)3-5-11(8)17-10(4-1-2-4)7(12(5)18)13(19)20/h3-4H,1-2H2,(H,17,18)(H,19,20). The van der Waals surface area contributed by atoms with Crippen LogP contribution in [0.4, 0.5) is 8.78 Å². The number of aromatic carboxylic acids is 1. The predicted molar refractivity (Wildman–Crippen MR) is 68.4 cm³/mol. The third-order valence-electron chi connectivity index (χ3n) is 3.36. The number of benzene rings is 1. The Balaban J connectivity index is 2.48. The number of aromatic amines is 1. The number of hydrogen-bond acceptors (Lipinski definition) is 2. The first-order valence-corrected chi connectivity index (χ1v) is 6.26. The number of carboxylic acids is 1. The van der Waals surface area contributed by atoms with Crippen LogP contribution in [0.25, 0.3) is 10.9 Å². The Hall–Kier alpha value is -1.95. The van der Waals surface area contributed by atoms with Crippen LogP contribution in [-0.2, 0) is 0 Å². The molecule has 4 nitrogen and oxygen atoms in total. The van der Waals surface area contributed by atoms with Crippen molar-refractivity contribution in [3.63, 3.8) is 0 Å². The van der Waals surface area contributed by atoms with Gasteiger partial charge in [0.15, 0.2) is 11.6 Å². The van der Waals surface area contributed by atoms with Gasteiger partial charge in [0, 0.05) is 11.6 Å². The van der Waals surface area contributed by atoms with Crippen LogP contribution < -0.4 is 5.43 Å². The van der Waals surface area contributed by atoms with Gasteiger partial charge in [0.1, 0.15) is 10.6 Å². The second-order valence-corrected chi connectivity index (χ2v) is 5.11. The number of pyridine rings is 1. The second-order valence-electron chi connectivity index (χ2n) is 4.73. The number of carbonyl (C=O) groups is 1. The van der Waals surface area contributed by atoms with E-state index in [0.29, 0.717) is 6.07 Å². The Kier molecular flexibility index (Phi) is 2.79. The molecule has 0 amide bonds. The fourth-order valence-corrected chi connectivity index (χ4v) is 2.48. The summed E-state index contributed by atoms with van der Waals surface area (Å²) in [6.45, 7) is 0. The minimum absolute atomic E-state index is 0.0672. The molecular formula is C13H8ClF2NO3. The highest BCUT2D eigenvalue weighted by Gasteiger charge is 2.32. The van der Waals surface area contributed by atoms with Crippen molar-refractivity contribution >= 4 is 28.5 Å². The molecular weight excluding hydrogens is 292 g/mol. The van der Waals surface area contributed by atoms with Gasteiger partial charge in [0.05, 0.1) is 10.9 Å². The summed E-state index contributed by atoms with van der Waals surface area (Å²) in [4.78, 5) is 26.1. The molecule has 20 heavy (non-hydrogen) atoms. The highest BCUT2D eigenvalue weighted by atomic mass is 35.5. The quantitative estimate of drug-likeness (QED) is 0.837. The molecule has 1 aromatic carbocycles. The molecule has 1 aliphatic rings. The van der Waals surface area contributed by atoms with Gasteiger partial charge >= 0.3 is 5.97 Å². The van der Waals surface area contributed by atoms with Crippen molar-refractivity contribution in [1.82, 2.24) is 4.98 Å². The first kappa shape index (κ1) is 13.1. The average molecular weight is 300 g/mol. The van der Waals surface area contributed by atoms with Gasteiger partial charge in [0.2, 0.25) is 5.43 Å². The van der Waals surface area contributed by atoms with Gasteiger partial charge in [0.25, 0.3) is 0 Å². The molecule has 0 radical (unpaired) electrons.